The van der Waals surface area contributed by atoms with Gasteiger partial charge < -0.3 is 23.7 Å². The Morgan fingerprint density at radius 3 is 2.45 bits per heavy atom. The maximum Gasteiger partial charge on any atom is 0.330 e. The Balaban J connectivity index is 1.64. The Morgan fingerprint density at radius 2 is 1.82 bits per heavy atom. The van der Waals surface area contributed by atoms with Gasteiger partial charge in [-0.05, 0) is 38.5 Å². The first-order chi connectivity index (χ1) is 15.9. The predicted octanol–water partition coefficient (Wildman–Crippen LogP) is 2.10. The van der Waals surface area contributed by atoms with Crippen LogP contribution in [0.15, 0.2) is 15.8 Å². The van der Waals surface area contributed by atoms with Gasteiger partial charge in [0.05, 0.1) is 19.5 Å². The largest absolute Gasteiger partial charge is 0.353 e. The van der Waals surface area contributed by atoms with Crippen molar-refractivity contribution in [2.24, 2.45) is 0 Å². The van der Waals surface area contributed by atoms with Crippen LogP contribution in [-0.2, 0) is 23.7 Å². The highest BCUT2D eigenvalue weighted by molar-refractivity contribution is 5.04. The zero-order valence-corrected chi connectivity index (χ0v) is 18.2. The lowest BCUT2D eigenvalue weighted by atomic mass is 9.92. The molecule has 3 saturated heterocycles. The Morgan fingerprint density at radius 1 is 1.12 bits per heavy atom. The third-order valence-electron chi connectivity index (χ3n) is 6.24. The van der Waals surface area contributed by atoms with Gasteiger partial charge in [-0.15, -0.1) is 0 Å². The van der Waals surface area contributed by atoms with Gasteiger partial charge in [0.15, 0.2) is 25.0 Å². The van der Waals surface area contributed by atoms with E-state index in [0.29, 0.717) is 36.8 Å². The van der Waals surface area contributed by atoms with E-state index < -0.39 is 60.4 Å². The van der Waals surface area contributed by atoms with Crippen LogP contribution in [-0.4, -0.2) is 66.5 Å². The van der Waals surface area contributed by atoms with E-state index in [1.807, 2.05) is 0 Å². The summed E-state index contributed by atoms with van der Waals surface area (Å²) in [7, 11) is 0. The van der Waals surface area contributed by atoms with Gasteiger partial charge in [0.1, 0.15) is 11.7 Å². The van der Waals surface area contributed by atoms with Gasteiger partial charge in [0.25, 0.3) is 5.56 Å². The number of aromatic nitrogens is 2. The monoisotopic (exact) mass is 478 g/mol. The number of alkyl halides is 2. The number of nitrogens with zero attached hydrogens (tertiary/aromatic N) is 1. The van der Waals surface area contributed by atoms with E-state index >= 15 is 4.39 Å². The van der Waals surface area contributed by atoms with Gasteiger partial charge >= 0.3 is 5.69 Å². The summed E-state index contributed by atoms with van der Waals surface area (Å²) in [5.74, 6) is -1.28. The van der Waals surface area contributed by atoms with Gasteiger partial charge in [-0.3, -0.25) is 18.7 Å². The van der Waals surface area contributed by atoms with Gasteiger partial charge in [0.2, 0.25) is 5.82 Å². The molecule has 1 aromatic rings. The van der Waals surface area contributed by atoms with Crippen molar-refractivity contribution >= 4 is 0 Å². The van der Waals surface area contributed by atoms with Gasteiger partial charge in [-0.1, -0.05) is 0 Å². The molecule has 186 valence electrons. The molecule has 9 nitrogen and oxygen atoms in total. The molecule has 3 aliphatic rings. The highest BCUT2D eigenvalue weighted by Gasteiger charge is 2.58. The van der Waals surface area contributed by atoms with Gasteiger partial charge in [0, 0.05) is 19.6 Å². The van der Waals surface area contributed by atoms with Crippen LogP contribution in [0.4, 0.5) is 13.2 Å². The van der Waals surface area contributed by atoms with E-state index in [1.165, 1.54) is 0 Å². The summed E-state index contributed by atoms with van der Waals surface area (Å²) >= 11 is 0. The Hall–Kier alpha value is -1.73. The maximum atomic E-state index is 15.8. The molecule has 0 amide bonds. The summed E-state index contributed by atoms with van der Waals surface area (Å²) in [4.78, 5) is 25.5. The summed E-state index contributed by atoms with van der Waals surface area (Å²) < 4.78 is 72.8. The third kappa shape index (κ3) is 5.35. The maximum absolute atomic E-state index is 15.8. The van der Waals surface area contributed by atoms with Crippen molar-refractivity contribution in [2.75, 3.05) is 26.5 Å². The highest BCUT2D eigenvalue weighted by atomic mass is 19.1. The van der Waals surface area contributed by atoms with Crippen molar-refractivity contribution in [2.45, 2.75) is 81.6 Å². The number of rotatable bonds is 8. The molecule has 1 aromatic heterocycles. The third-order valence-corrected chi connectivity index (χ3v) is 6.24. The van der Waals surface area contributed by atoms with Crippen LogP contribution in [0.2, 0.25) is 0 Å². The first-order valence-corrected chi connectivity index (χ1v) is 11.3. The average molecular weight is 478 g/mol. The fraction of sp³-hybridized carbons (Fsp3) is 0.810. The number of hydrogen-bond acceptors (Lipinski definition) is 7. The summed E-state index contributed by atoms with van der Waals surface area (Å²) in [6, 6.07) is 0. The second-order valence-corrected chi connectivity index (χ2v) is 8.56. The minimum Gasteiger partial charge on any atom is -0.353 e. The quantitative estimate of drug-likeness (QED) is 0.611. The number of H-pyrrole nitrogens is 1. The summed E-state index contributed by atoms with van der Waals surface area (Å²) in [6.45, 7) is -0.200. The van der Waals surface area contributed by atoms with E-state index in [-0.39, 0.29) is 13.0 Å². The molecular weight excluding hydrogens is 449 g/mol. The summed E-state index contributed by atoms with van der Waals surface area (Å²) in [5.41, 5.74) is -3.93. The average Bonchev–Trinajstić information content (AvgIpc) is 3.08. The van der Waals surface area contributed by atoms with E-state index in [1.54, 1.807) is 4.98 Å². The molecule has 1 N–H and O–H groups in total. The number of nitrogens with one attached hydrogen (secondary N) is 1. The number of aromatic amines is 1. The lowest BCUT2D eigenvalue weighted by Gasteiger charge is -2.37. The molecule has 4 heterocycles. The van der Waals surface area contributed by atoms with E-state index in [0.717, 1.165) is 25.7 Å². The fourth-order valence-electron chi connectivity index (χ4n) is 4.48. The Bertz CT molecular complexity index is 901. The van der Waals surface area contributed by atoms with Crippen LogP contribution in [0.3, 0.4) is 0 Å². The molecule has 0 spiro atoms. The van der Waals surface area contributed by atoms with E-state index in [4.69, 9.17) is 23.7 Å². The molecule has 0 saturated carbocycles. The standard InChI is InChI=1S/C21H29F3N2O7/c22-8-7-21(12-31-14-5-1-3-9-29-14)17(32-15-6-2-4-10-30-15)16(24)19(33-21)26-11-13(23)18(27)25-20(26)28/h11,14-17,19H,1-10,12H2,(H,25,27,28)/t14?,15?,16-,17-,19+,21+/m0/s1. The number of hydrogen-bond donors (Lipinski definition) is 1. The zero-order chi connectivity index (χ0) is 23.4. The molecule has 3 aliphatic heterocycles. The topological polar surface area (TPSA) is 101 Å². The number of ether oxygens (including phenoxy) is 5. The molecule has 2 unspecified atom stereocenters. The summed E-state index contributed by atoms with van der Waals surface area (Å²) in [6.07, 6.45) is -1.49. The van der Waals surface area contributed by atoms with Crippen LogP contribution in [0.5, 0.6) is 0 Å². The van der Waals surface area contributed by atoms with Crippen molar-refractivity contribution in [3.63, 3.8) is 0 Å². The second kappa shape index (κ2) is 10.7. The minimum absolute atomic E-state index is 0.267. The predicted molar refractivity (Wildman–Crippen MR) is 108 cm³/mol. The van der Waals surface area contributed by atoms with E-state index in [2.05, 4.69) is 0 Å². The SMILES string of the molecule is O=c1[nH]c(=O)n([C@@H]2O[C@](CCF)(COC3CCCCO3)[C@@H](OC3CCCCO3)[C@@H]2F)cc1F. The molecule has 0 bridgehead atoms. The van der Waals surface area contributed by atoms with Crippen molar-refractivity contribution in [1.29, 1.82) is 0 Å². The van der Waals surface area contributed by atoms with Crippen LogP contribution < -0.4 is 11.2 Å². The van der Waals surface area contributed by atoms with Crippen molar-refractivity contribution < 1.29 is 36.9 Å². The first kappa shape index (κ1) is 24.4. The lowest BCUT2D eigenvalue weighted by Crippen LogP contribution is -2.51. The molecule has 0 radical (unpaired) electrons. The van der Waals surface area contributed by atoms with Crippen molar-refractivity contribution in [1.82, 2.24) is 9.55 Å². The zero-order valence-electron chi connectivity index (χ0n) is 18.2. The molecule has 12 heteroatoms. The Labute approximate surface area is 188 Å². The van der Waals surface area contributed by atoms with E-state index in [9.17, 15) is 18.4 Å². The molecule has 4 rings (SSSR count). The minimum atomic E-state index is -2.00. The highest BCUT2D eigenvalue weighted by Crippen LogP contribution is 2.44. The van der Waals surface area contributed by atoms with Crippen molar-refractivity contribution in [3.8, 4) is 0 Å². The van der Waals surface area contributed by atoms with Crippen molar-refractivity contribution in [3.05, 3.63) is 32.9 Å². The molecule has 6 atom stereocenters. The first-order valence-electron chi connectivity index (χ1n) is 11.3. The van der Waals surface area contributed by atoms with Crippen LogP contribution >= 0.6 is 0 Å². The Kier molecular flexibility index (Phi) is 7.90. The summed E-state index contributed by atoms with van der Waals surface area (Å²) in [5, 5.41) is 0. The molecule has 33 heavy (non-hydrogen) atoms. The lowest BCUT2D eigenvalue weighted by molar-refractivity contribution is -0.250. The normalized spacial score (nSPS) is 35.1. The molecule has 0 aliphatic carbocycles. The second-order valence-electron chi connectivity index (χ2n) is 8.56. The van der Waals surface area contributed by atoms with Gasteiger partial charge in [-0.25, -0.2) is 9.18 Å². The van der Waals surface area contributed by atoms with Gasteiger partial charge in [-0.2, -0.15) is 4.39 Å². The van der Waals surface area contributed by atoms with Crippen LogP contribution in [0.25, 0.3) is 0 Å². The molecule has 0 aromatic carbocycles. The molecular formula is C21H29F3N2O7. The fourth-order valence-corrected chi connectivity index (χ4v) is 4.48. The van der Waals surface area contributed by atoms with Crippen LogP contribution in [0.1, 0.15) is 51.2 Å². The molecule has 3 fully saturated rings. The smallest absolute Gasteiger partial charge is 0.330 e. The van der Waals surface area contributed by atoms with Crippen LogP contribution in [0, 0.1) is 5.82 Å². The number of halogens is 3.